The van der Waals surface area contributed by atoms with Crippen molar-refractivity contribution in [1.29, 1.82) is 0 Å². The molecule has 1 aliphatic heterocycles. The van der Waals surface area contributed by atoms with Crippen LogP contribution in [0.4, 0.5) is 11.4 Å². The van der Waals surface area contributed by atoms with Crippen molar-refractivity contribution in [2.75, 3.05) is 16.8 Å². The Bertz CT molecular complexity index is 953. The lowest BCUT2D eigenvalue weighted by Gasteiger charge is -2.44. The lowest BCUT2D eigenvalue weighted by Crippen LogP contribution is -2.61. The van der Waals surface area contributed by atoms with E-state index in [0.29, 0.717) is 29.2 Å². The molecule has 2 aromatic rings. The average molecular weight is 399 g/mol. The predicted octanol–water partition coefficient (Wildman–Crippen LogP) is 3.79. The number of carbonyl (C=O) groups is 3. The standard InChI is InChI=1S/C21H19ClN2O4/c22-15-7-5-6-14(12-15)19(26)28-13-18(25)24-17-9-2-1-8-16(17)23-20(27)21(24)10-3-4-11-21/h1-2,5-9,12H,3-4,10-11,13H2,(H,23,27). The number of nitrogens with one attached hydrogen (secondary N) is 1. The van der Waals surface area contributed by atoms with E-state index in [1.54, 1.807) is 36.4 Å². The minimum Gasteiger partial charge on any atom is -0.452 e. The number of para-hydroxylation sites is 2. The molecule has 1 saturated carbocycles. The largest absolute Gasteiger partial charge is 0.452 e. The predicted molar refractivity (Wildman–Crippen MR) is 105 cm³/mol. The van der Waals surface area contributed by atoms with Gasteiger partial charge in [-0.25, -0.2) is 4.79 Å². The van der Waals surface area contributed by atoms with Crippen molar-refractivity contribution in [3.8, 4) is 0 Å². The quantitative estimate of drug-likeness (QED) is 0.798. The molecule has 7 heteroatoms. The maximum Gasteiger partial charge on any atom is 0.338 e. The van der Waals surface area contributed by atoms with E-state index in [1.807, 2.05) is 6.07 Å². The topological polar surface area (TPSA) is 75.7 Å². The van der Waals surface area contributed by atoms with E-state index in [-0.39, 0.29) is 11.5 Å². The van der Waals surface area contributed by atoms with Gasteiger partial charge in [0.2, 0.25) is 0 Å². The van der Waals surface area contributed by atoms with Crippen LogP contribution in [0.5, 0.6) is 0 Å². The number of halogens is 1. The van der Waals surface area contributed by atoms with Gasteiger partial charge in [-0.15, -0.1) is 0 Å². The summed E-state index contributed by atoms with van der Waals surface area (Å²) in [5.74, 6) is -1.23. The Labute approximate surface area is 167 Å². The van der Waals surface area contributed by atoms with Crippen LogP contribution >= 0.6 is 11.6 Å². The van der Waals surface area contributed by atoms with Crippen molar-refractivity contribution in [3.05, 3.63) is 59.1 Å². The molecule has 0 saturated heterocycles. The summed E-state index contributed by atoms with van der Waals surface area (Å²) in [6.45, 7) is -0.450. The number of anilines is 2. The summed E-state index contributed by atoms with van der Waals surface area (Å²) >= 11 is 5.90. The van der Waals surface area contributed by atoms with Crippen molar-refractivity contribution < 1.29 is 19.1 Å². The molecule has 1 heterocycles. The third-order valence-electron chi connectivity index (χ3n) is 5.31. The highest BCUT2D eigenvalue weighted by Crippen LogP contribution is 2.45. The van der Waals surface area contributed by atoms with Gasteiger partial charge in [0.1, 0.15) is 5.54 Å². The van der Waals surface area contributed by atoms with Crippen LogP contribution in [0, 0.1) is 0 Å². The van der Waals surface area contributed by atoms with Crippen molar-refractivity contribution in [2.24, 2.45) is 0 Å². The Kier molecular flexibility index (Phi) is 4.81. The Morgan fingerprint density at radius 3 is 2.61 bits per heavy atom. The highest BCUT2D eigenvalue weighted by atomic mass is 35.5. The van der Waals surface area contributed by atoms with Gasteiger partial charge in [0.05, 0.1) is 16.9 Å². The molecular formula is C21H19ClN2O4. The number of benzene rings is 2. The molecule has 0 radical (unpaired) electrons. The highest BCUT2D eigenvalue weighted by Gasteiger charge is 2.52. The van der Waals surface area contributed by atoms with E-state index >= 15 is 0 Å². The van der Waals surface area contributed by atoms with Gasteiger partial charge in [-0.3, -0.25) is 14.5 Å². The number of fused-ring (bicyclic) bond motifs is 1. The van der Waals surface area contributed by atoms with E-state index in [0.717, 1.165) is 12.8 Å². The van der Waals surface area contributed by atoms with E-state index in [2.05, 4.69) is 5.32 Å². The third-order valence-corrected chi connectivity index (χ3v) is 5.55. The van der Waals surface area contributed by atoms with Gasteiger partial charge >= 0.3 is 5.97 Å². The lowest BCUT2D eigenvalue weighted by molar-refractivity contribution is -0.129. The molecule has 0 atom stereocenters. The number of nitrogens with zero attached hydrogens (tertiary/aromatic N) is 1. The molecule has 2 amide bonds. The summed E-state index contributed by atoms with van der Waals surface area (Å²) in [4.78, 5) is 39.8. The minimum atomic E-state index is -0.923. The van der Waals surface area contributed by atoms with Crippen LogP contribution in [0.1, 0.15) is 36.0 Å². The van der Waals surface area contributed by atoms with Crippen LogP contribution in [0.25, 0.3) is 0 Å². The van der Waals surface area contributed by atoms with Gasteiger partial charge in [-0.05, 0) is 43.2 Å². The maximum atomic E-state index is 13.1. The van der Waals surface area contributed by atoms with Crippen molar-refractivity contribution >= 4 is 40.8 Å². The molecule has 0 unspecified atom stereocenters. The number of ether oxygens (including phenoxy) is 1. The molecule has 1 fully saturated rings. The van der Waals surface area contributed by atoms with Gasteiger partial charge in [0.25, 0.3) is 11.8 Å². The fourth-order valence-electron chi connectivity index (χ4n) is 4.02. The van der Waals surface area contributed by atoms with Gasteiger partial charge in [0.15, 0.2) is 6.61 Å². The fraction of sp³-hybridized carbons (Fsp3) is 0.286. The number of carbonyl (C=O) groups excluding carboxylic acids is 3. The monoisotopic (exact) mass is 398 g/mol. The number of amides is 2. The van der Waals surface area contributed by atoms with Crippen molar-refractivity contribution in [3.63, 3.8) is 0 Å². The summed E-state index contributed by atoms with van der Waals surface area (Å²) in [5.41, 5.74) is 0.563. The molecule has 1 spiro atoms. The van der Waals surface area contributed by atoms with Gasteiger partial charge < -0.3 is 10.1 Å². The second-order valence-electron chi connectivity index (χ2n) is 7.03. The first-order valence-electron chi connectivity index (χ1n) is 9.17. The number of rotatable bonds is 3. The van der Waals surface area contributed by atoms with Crippen LogP contribution < -0.4 is 10.2 Å². The summed E-state index contributed by atoms with van der Waals surface area (Å²) in [5, 5.41) is 3.33. The Balaban J connectivity index is 1.59. The van der Waals surface area contributed by atoms with Crippen LogP contribution in [-0.4, -0.2) is 29.9 Å². The van der Waals surface area contributed by atoms with Crippen LogP contribution in [0.15, 0.2) is 48.5 Å². The van der Waals surface area contributed by atoms with Crippen molar-refractivity contribution in [2.45, 2.75) is 31.2 Å². The Hall–Kier alpha value is -2.86. The SMILES string of the molecule is O=C(OCC(=O)N1c2ccccc2NC(=O)C12CCCC2)c1cccc(Cl)c1. The molecule has 6 nitrogen and oxygen atoms in total. The zero-order chi connectivity index (χ0) is 19.7. The van der Waals surface area contributed by atoms with Crippen LogP contribution in [0.2, 0.25) is 5.02 Å². The van der Waals surface area contributed by atoms with Gasteiger partial charge in [-0.2, -0.15) is 0 Å². The number of hydrogen-bond acceptors (Lipinski definition) is 4. The van der Waals surface area contributed by atoms with E-state index < -0.39 is 24.0 Å². The number of esters is 1. The summed E-state index contributed by atoms with van der Waals surface area (Å²) in [6.07, 6.45) is 2.89. The summed E-state index contributed by atoms with van der Waals surface area (Å²) in [6, 6.07) is 13.5. The van der Waals surface area contributed by atoms with Crippen molar-refractivity contribution in [1.82, 2.24) is 0 Å². The molecule has 2 aromatic carbocycles. The van der Waals surface area contributed by atoms with E-state index in [4.69, 9.17) is 16.3 Å². The molecule has 0 bridgehead atoms. The first-order chi connectivity index (χ1) is 13.5. The third kappa shape index (κ3) is 3.14. The molecule has 4 rings (SSSR count). The molecule has 144 valence electrons. The van der Waals surface area contributed by atoms with Crippen LogP contribution in [0.3, 0.4) is 0 Å². The number of hydrogen-bond donors (Lipinski definition) is 1. The van der Waals surface area contributed by atoms with Crippen LogP contribution in [-0.2, 0) is 14.3 Å². The molecule has 28 heavy (non-hydrogen) atoms. The normalized spacial score (nSPS) is 17.2. The summed E-state index contributed by atoms with van der Waals surface area (Å²) in [7, 11) is 0. The smallest absolute Gasteiger partial charge is 0.338 e. The van der Waals surface area contributed by atoms with Gasteiger partial charge in [-0.1, -0.05) is 42.6 Å². The van der Waals surface area contributed by atoms with E-state index in [1.165, 1.54) is 11.0 Å². The lowest BCUT2D eigenvalue weighted by atomic mass is 9.90. The highest BCUT2D eigenvalue weighted by molar-refractivity contribution is 6.30. The summed E-state index contributed by atoms with van der Waals surface area (Å²) < 4.78 is 5.23. The molecule has 2 aliphatic rings. The first kappa shape index (κ1) is 18.5. The van der Waals surface area contributed by atoms with E-state index in [9.17, 15) is 14.4 Å². The molecular weight excluding hydrogens is 380 g/mol. The molecule has 1 aliphatic carbocycles. The first-order valence-corrected chi connectivity index (χ1v) is 9.55. The second-order valence-corrected chi connectivity index (χ2v) is 7.46. The Morgan fingerprint density at radius 2 is 1.86 bits per heavy atom. The second kappa shape index (κ2) is 7.28. The zero-order valence-electron chi connectivity index (χ0n) is 15.1. The molecule has 1 N–H and O–H groups in total. The minimum absolute atomic E-state index is 0.182. The Morgan fingerprint density at radius 1 is 1.11 bits per heavy atom. The fourth-order valence-corrected chi connectivity index (χ4v) is 4.21. The van der Waals surface area contributed by atoms with Gasteiger partial charge in [0, 0.05) is 5.02 Å². The maximum absolute atomic E-state index is 13.1. The zero-order valence-corrected chi connectivity index (χ0v) is 15.9. The average Bonchev–Trinajstić information content (AvgIpc) is 3.17. The molecule has 0 aromatic heterocycles.